The van der Waals surface area contributed by atoms with Gasteiger partial charge in [0.25, 0.3) is 0 Å². The van der Waals surface area contributed by atoms with Crippen LogP contribution in [0.4, 0.5) is 0 Å². The topological polar surface area (TPSA) is 29.5 Å². The van der Waals surface area contributed by atoms with Crippen LogP contribution in [0.5, 0.6) is 0 Å². The molecule has 23 heavy (non-hydrogen) atoms. The molecule has 0 bridgehead atoms. The molecule has 124 valence electrons. The molecule has 3 rings (SSSR count). The fourth-order valence-corrected chi connectivity index (χ4v) is 4.01. The summed E-state index contributed by atoms with van der Waals surface area (Å²) in [4.78, 5) is 13.8. The predicted octanol–water partition coefficient (Wildman–Crippen LogP) is 4.20. The van der Waals surface area contributed by atoms with Gasteiger partial charge < -0.3 is 4.74 Å². The molecule has 0 spiro atoms. The molecule has 1 unspecified atom stereocenters. The summed E-state index contributed by atoms with van der Waals surface area (Å²) in [6.45, 7) is 2.51. The van der Waals surface area contributed by atoms with Gasteiger partial charge in [0.1, 0.15) is 0 Å². The zero-order valence-corrected chi connectivity index (χ0v) is 14.0. The number of nitrogens with zero attached hydrogens (tertiary/aromatic N) is 1. The van der Waals surface area contributed by atoms with Gasteiger partial charge in [-0.15, -0.1) is 0 Å². The van der Waals surface area contributed by atoms with Crippen molar-refractivity contribution in [3.05, 3.63) is 41.5 Å². The van der Waals surface area contributed by atoms with Crippen LogP contribution in [0.3, 0.4) is 0 Å². The lowest BCUT2D eigenvalue weighted by atomic mass is 10.0. The fraction of sp³-hybridized carbons (Fsp3) is 0.550. The molecule has 0 amide bonds. The molecule has 2 fully saturated rings. The molecule has 1 aliphatic heterocycles. The first-order chi connectivity index (χ1) is 11.3. The third kappa shape index (κ3) is 4.23. The largest absolute Gasteiger partial charge is 0.466 e. The van der Waals surface area contributed by atoms with E-state index in [0.717, 1.165) is 11.5 Å². The first-order valence-electron chi connectivity index (χ1n) is 8.86. The van der Waals surface area contributed by atoms with Crippen molar-refractivity contribution < 1.29 is 9.53 Å². The molecule has 1 atom stereocenters. The number of rotatable bonds is 5. The van der Waals surface area contributed by atoms with E-state index in [4.69, 9.17) is 0 Å². The van der Waals surface area contributed by atoms with E-state index in [1.807, 2.05) is 0 Å². The van der Waals surface area contributed by atoms with Crippen molar-refractivity contribution in [1.82, 2.24) is 4.90 Å². The first-order valence-corrected chi connectivity index (χ1v) is 8.86. The molecule has 1 aliphatic carbocycles. The summed E-state index contributed by atoms with van der Waals surface area (Å²) >= 11 is 0. The van der Waals surface area contributed by atoms with Gasteiger partial charge in [-0.1, -0.05) is 37.1 Å². The van der Waals surface area contributed by atoms with E-state index < -0.39 is 0 Å². The number of benzene rings is 1. The highest BCUT2D eigenvalue weighted by atomic mass is 16.5. The van der Waals surface area contributed by atoms with Crippen LogP contribution in [-0.2, 0) is 9.53 Å². The molecular formula is C20H27NO2. The Morgan fingerprint density at radius 3 is 2.61 bits per heavy atom. The number of hydrogen-bond acceptors (Lipinski definition) is 3. The minimum absolute atomic E-state index is 0.312. The number of hydrogen-bond donors (Lipinski definition) is 0. The minimum atomic E-state index is -0.312. The lowest BCUT2D eigenvalue weighted by Gasteiger charge is -2.27. The molecule has 1 saturated carbocycles. The van der Waals surface area contributed by atoms with E-state index in [0.29, 0.717) is 6.04 Å². The van der Waals surface area contributed by atoms with Crippen LogP contribution in [0.15, 0.2) is 30.3 Å². The van der Waals surface area contributed by atoms with Gasteiger partial charge in [0.15, 0.2) is 0 Å². The van der Waals surface area contributed by atoms with E-state index in [1.165, 1.54) is 70.4 Å². The smallest absolute Gasteiger partial charge is 0.330 e. The van der Waals surface area contributed by atoms with Gasteiger partial charge in [0, 0.05) is 18.7 Å². The molecule has 1 aromatic carbocycles. The standard InChI is InChI=1S/C20H27NO2/c1-23-20(22)13-10-16-8-11-18(12-9-16)19-7-4-14-21(19)15-17-5-2-3-6-17/h8-13,17,19H,2-7,14-15H2,1H3. The molecule has 2 aliphatic rings. The quantitative estimate of drug-likeness (QED) is 0.603. The zero-order chi connectivity index (χ0) is 16.1. The maximum absolute atomic E-state index is 11.2. The third-order valence-corrected chi connectivity index (χ3v) is 5.27. The average molecular weight is 313 g/mol. The Balaban J connectivity index is 1.63. The van der Waals surface area contributed by atoms with Gasteiger partial charge in [0.05, 0.1) is 7.11 Å². The number of esters is 1. The van der Waals surface area contributed by atoms with Crippen LogP contribution in [0.25, 0.3) is 6.08 Å². The maximum atomic E-state index is 11.2. The molecule has 1 aromatic rings. The Hall–Kier alpha value is -1.61. The van der Waals surface area contributed by atoms with Crippen molar-refractivity contribution in [3.63, 3.8) is 0 Å². The summed E-state index contributed by atoms with van der Waals surface area (Å²) in [6.07, 6.45) is 11.5. The van der Waals surface area contributed by atoms with Crippen LogP contribution in [-0.4, -0.2) is 31.1 Å². The zero-order valence-electron chi connectivity index (χ0n) is 14.0. The summed E-state index contributed by atoms with van der Waals surface area (Å²) in [5.41, 5.74) is 2.45. The Kier molecular flexibility index (Phi) is 5.50. The second-order valence-electron chi connectivity index (χ2n) is 6.83. The molecule has 0 aromatic heterocycles. The van der Waals surface area contributed by atoms with Crippen molar-refractivity contribution in [2.24, 2.45) is 5.92 Å². The molecule has 3 heteroatoms. The number of likely N-dealkylation sites (tertiary alicyclic amines) is 1. The number of carbonyl (C=O) groups excluding carboxylic acids is 1. The van der Waals surface area contributed by atoms with Crippen molar-refractivity contribution in [3.8, 4) is 0 Å². The SMILES string of the molecule is COC(=O)C=Cc1ccc(C2CCCN2CC2CCCC2)cc1. The lowest BCUT2D eigenvalue weighted by molar-refractivity contribution is -0.134. The molecule has 1 heterocycles. The van der Waals surface area contributed by atoms with Crippen molar-refractivity contribution in [2.75, 3.05) is 20.2 Å². The number of ether oxygens (including phenoxy) is 1. The van der Waals surface area contributed by atoms with Gasteiger partial charge in [-0.3, -0.25) is 4.90 Å². The summed E-state index contributed by atoms with van der Waals surface area (Å²) in [5.74, 6) is 0.602. The third-order valence-electron chi connectivity index (χ3n) is 5.27. The average Bonchev–Trinajstić information content (AvgIpc) is 3.25. The second kappa shape index (κ2) is 7.78. The van der Waals surface area contributed by atoms with Gasteiger partial charge in [-0.05, 0) is 55.3 Å². The predicted molar refractivity (Wildman–Crippen MR) is 93.0 cm³/mol. The fourth-order valence-electron chi connectivity index (χ4n) is 4.01. The van der Waals surface area contributed by atoms with Gasteiger partial charge in [0.2, 0.25) is 0 Å². The van der Waals surface area contributed by atoms with E-state index in [9.17, 15) is 4.79 Å². The Bertz CT molecular complexity index is 543. The summed E-state index contributed by atoms with van der Waals surface area (Å²) in [7, 11) is 1.40. The van der Waals surface area contributed by atoms with E-state index >= 15 is 0 Å². The van der Waals surface area contributed by atoms with Crippen molar-refractivity contribution in [2.45, 2.75) is 44.6 Å². The Morgan fingerprint density at radius 2 is 1.91 bits per heavy atom. The number of carbonyl (C=O) groups is 1. The molecular weight excluding hydrogens is 286 g/mol. The van der Waals surface area contributed by atoms with E-state index in [2.05, 4.69) is 33.9 Å². The number of methoxy groups -OCH3 is 1. The highest BCUT2D eigenvalue weighted by Gasteiger charge is 2.28. The van der Waals surface area contributed by atoms with Gasteiger partial charge in [-0.2, -0.15) is 0 Å². The normalized spacial score (nSPS) is 22.9. The highest BCUT2D eigenvalue weighted by molar-refractivity contribution is 5.86. The molecule has 0 radical (unpaired) electrons. The maximum Gasteiger partial charge on any atom is 0.330 e. The van der Waals surface area contributed by atoms with E-state index in [-0.39, 0.29) is 5.97 Å². The lowest BCUT2D eigenvalue weighted by Crippen LogP contribution is -2.28. The van der Waals surface area contributed by atoms with Crippen LogP contribution in [0.1, 0.15) is 55.7 Å². The van der Waals surface area contributed by atoms with Crippen LogP contribution in [0, 0.1) is 5.92 Å². The van der Waals surface area contributed by atoms with E-state index in [1.54, 1.807) is 6.08 Å². The highest BCUT2D eigenvalue weighted by Crippen LogP contribution is 2.35. The summed E-state index contributed by atoms with van der Waals surface area (Å²) < 4.78 is 4.62. The minimum Gasteiger partial charge on any atom is -0.466 e. The van der Waals surface area contributed by atoms with Crippen LogP contribution < -0.4 is 0 Å². The van der Waals surface area contributed by atoms with Crippen molar-refractivity contribution in [1.29, 1.82) is 0 Å². The summed E-state index contributed by atoms with van der Waals surface area (Å²) in [6, 6.07) is 9.21. The monoisotopic (exact) mass is 313 g/mol. The van der Waals surface area contributed by atoms with Gasteiger partial charge in [-0.25, -0.2) is 4.79 Å². The molecule has 0 N–H and O–H groups in total. The van der Waals surface area contributed by atoms with Crippen molar-refractivity contribution >= 4 is 12.0 Å². The van der Waals surface area contributed by atoms with Crippen LogP contribution in [0.2, 0.25) is 0 Å². The Morgan fingerprint density at radius 1 is 1.17 bits per heavy atom. The summed E-state index contributed by atoms with van der Waals surface area (Å²) in [5, 5.41) is 0. The van der Waals surface area contributed by atoms with Gasteiger partial charge >= 0.3 is 5.97 Å². The van der Waals surface area contributed by atoms with Crippen LogP contribution >= 0.6 is 0 Å². The molecule has 3 nitrogen and oxygen atoms in total. The Labute approximate surface area is 139 Å². The molecule has 1 saturated heterocycles. The second-order valence-corrected chi connectivity index (χ2v) is 6.83. The first kappa shape index (κ1) is 16.3.